The van der Waals surface area contributed by atoms with Crippen LogP contribution in [0.3, 0.4) is 0 Å². The molecule has 6 heteroatoms. The summed E-state index contributed by atoms with van der Waals surface area (Å²) in [6.45, 7) is 4.80. The average Bonchev–Trinajstić information content (AvgIpc) is 2.97. The van der Waals surface area contributed by atoms with Gasteiger partial charge in [0.15, 0.2) is 0 Å². The fraction of sp³-hybridized carbons (Fsp3) is 0.304. The van der Waals surface area contributed by atoms with E-state index in [0.717, 1.165) is 11.1 Å². The first-order chi connectivity index (χ1) is 14.0. The number of rotatable bonds is 7. The van der Waals surface area contributed by atoms with Crippen LogP contribution in [0.2, 0.25) is 0 Å². The predicted octanol–water partition coefficient (Wildman–Crippen LogP) is 3.46. The van der Waals surface area contributed by atoms with E-state index in [1.807, 2.05) is 38.1 Å². The second-order valence-electron chi connectivity index (χ2n) is 6.80. The third kappa shape index (κ3) is 4.03. The highest BCUT2D eigenvalue weighted by Crippen LogP contribution is 2.40. The summed E-state index contributed by atoms with van der Waals surface area (Å²) in [6.07, 6.45) is 0. The number of carbonyl (C=O) groups is 2. The maximum absolute atomic E-state index is 12.9. The van der Waals surface area contributed by atoms with E-state index in [2.05, 4.69) is 0 Å². The number of methoxy groups -OCH3 is 1. The zero-order valence-electron chi connectivity index (χ0n) is 16.8. The van der Waals surface area contributed by atoms with Crippen molar-refractivity contribution in [1.82, 2.24) is 4.90 Å². The van der Waals surface area contributed by atoms with Crippen molar-refractivity contribution >= 4 is 17.4 Å². The lowest BCUT2D eigenvalue weighted by molar-refractivity contribution is -0.140. The predicted molar refractivity (Wildman–Crippen MR) is 110 cm³/mol. The Labute approximate surface area is 170 Å². The maximum atomic E-state index is 12.9. The number of carbonyl (C=O) groups excluding carboxylic acids is 2. The van der Waals surface area contributed by atoms with Gasteiger partial charge in [0.2, 0.25) is 0 Å². The van der Waals surface area contributed by atoms with Crippen molar-refractivity contribution < 1.29 is 24.2 Å². The van der Waals surface area contributed by atoms with Gasteiger partial charge in [-0.25, -0.2) is 0 Å². The van der Waals surface area contributed by atoms with E-state index < -0.39 is 17.7 Å². The third-order valence-electron chi connectivity index (χ3n) is 4.98. The molecule has 0 aliphatic carbocycles. The highest BCUT2D eigenvalue weighted by Gasteiger charge is 2.46. The number of likely N-dealkylation sites (tertiary alicyclic amines) is 1. The van der Waals surface area contributed by atoms with Gasteiger partial charge in [-0.2, -0.15) is 0 Å². The molecule has 2 aromatic carbocycles. The van der Waals surface area contributed by atoms with Crippen LogP contribution in [0.25, 0.3) is 5.76 Å². The normalized spacial score (nSPS) is 18.3. The van der Waals surface area contributed by atoms with Crippen LogP contribution in [0.4, 0.5) is 0 Å². The highest BCUT2D eigenvalue weighted by molar-refractivity contribution is 6.46. The Morgan fingerprint density at radius 3 is 2.59 bits per heavy atom. The number of aryl methyl sites for hydroxylation is 1. The Balaban J connectivity index is 2.16. The van der Waals surface area contributed by atoms with Gasteiger partial charge < -0.3 is 19.5 Å². The summed E-state index contributed by atoms with van der Waals surface area (Å²) >= 11 is 0. The number of benzene rings is 2. The summed E-state index contributed by atoms with van der Waals surface area (Å²) in [4.78, 5) is 27.2. The molecular weight excluding hydrogens is 370 g/mol. The molecule has 1 amide bonds. The molecule has 1 unspecified atom stereocenters. The quantitative estimate of drug-likeness (QED) is 0.441. The van der Waals surface area contributed by atoms with E-state index in [1.165, 1.54) is 4.90 Å². The van der Waals surface area contributed by atoms with Crippen molar-refractivity contribution in [2.45, 2.75) is 19.9 Å². The van der Waals surface area contributed by atoms with Crippen LogP contribution < -0.4 is 4.74 Å². The SMILES string of the molecule is CCOc1cccc(/C(O)=C2\C(=O)C(=O)N(CCOC)C2c2ccccc2C)c1. The van der Waals surface area contributed by atoms with E-state index in [9.17, 15) is 14.7 Å². The molecule has 1 fully saturated rings. The molecule has 6 nitrogen and oxygen atoms in total. The molecule has 0 aromatic heterocycles. The van der Waals surface area contributed by atoms with E-state index in [0.29, 0.717) is 17.9 Å². The zero-order chi connectivity index (χ0) is 21.0. The van der Waals surface area contributed by atoms with Crippen LogP contribution in [0.1, 0.15) is 29.7 Å². The zero-order valence-corrected chi connectivity index (χ0v) is 16.8. The summed E-state index contributed by atoms with van der Waals surface area (Å²) in [6, 6.07) is 13.7. The van der Waals surface area contributed by atoms with Crippen molar-refractivity contribution in [2.75, 3.05) is 26.9 Å². The van der Waals surface area contributed by atoms with Gasteiger partial charge in [0.1, 0.15) is 11.5 Å². The molecule has 1 saturated heterocycles. The summed E-state index contributed by atoms with van der Waals surface area (Å²) in [7, 11) is 1.54. The van der Waals surface area contributed by atoms with Crippen molar-refractivity contribution in [3.63, 3.8) is 0 Å². The molecule has 3 rings (SSSR count). The number of amides is 1. The van der Waals surface area contributed by atoms with Gasteiger partial charge in [-0.3, -0.25) is 9.59 Å². The molecule has 1 atom stereocenters. The van der Waals surface area contributed by atoms with Crippen molar-refractivity contribution in [2.24, 2.45) is 0 Å². The van der Waals surface area contributed by atoms with Gasteiger partial charge in [-0.05, 0) is 37.1 Å². The molecule has 1 heterocycles. The van der Waals surface area contributed by atoms with Crippen molar-refractivity contribution in [3.05, 3.63) is 70.8 Å². The number of ketones is 1. The van der Waals surface area contributed by atoms with Crippen LogP contribution >= 0.6 is 0 Å². The Hall–Kier alpha value is -3.12. The molecule has 29 heavy (non-hydrogen) atoms. The molecule has 1 aliphatic heterocycles. The topological polar surface area (TPSA) is 76.1 Å². The van der Waals surface area contributed by atoms with Gasteiger partial charge >= 0.3 is 0 Å². The van der Waals surface area contributed by atoms with Gasteiger partial charge in [0.25, 0.3) is 11.7 Å². The molecule has 0 saturated carbocycles. The molecule has 0 radical (unpaired) electrons. The first-order valence-electron chi connectivity index (χ1n) is 9.55. The molecule has 0 spiro atoms. The Bertz CT molecular complexity index is 950. The lowest BCUT2D eigenvalue weighted by atomic mass is 9.92. The molecule has 2 aromatic rings. The number of Topliss-reactive ketones (excluding diaryl/α,β-unsaturated/α-hetero) is 1. The summed E-state index contributed by atoms with van der Waals surface area (Å²) in [5.41, 5.74) is 2.23. The number of hydrogen-bond acceptors (Lipinski definition) is 5. The lowest BCUT2D eigenvalue weighted by Gasteiger charge is -2.26. The highest BCUT2D eigenvalue weighted by atomic mass is 16.5. The molecule has 152 valence electrons. The molecule has 0 bridgehead atoms. The monoisotopic (exact) mass is 395 g/mol. The minimum atomic E-state index is -0.700. The minimum Gasteiger partial charge on any atom is -0.507 e. The van der Waals surface area contributed by atoms with Crippen molar-refractivity contribution in [3.8, 4) is 5.75 Å². The number of hydrogen-bond donors (Lipinski definition) is 1. The summed E-state index contributed by atoms with van der Waals surface area (Å²) in [5.74, 6) is -0.970. The van der Waals surface area contributed by atoms with Crippen LogP contribution in [-0.2, 0) is 14.3 Å². The second kappa shape index (κ2) is 8.92. The second-order valence-corrected chi connectivity index (χ2v) is 6.80. The first-order valence-corrected chi connectivity index (χ1v) is 9.55. The minimum absolute atomic E-state index is 0.0778. The lowest BCUT2D eigenvalue weighted by Crippen LogP contribution is -2.32. The van der Waals surface area contributed by atoms with Gasteiger partial charge in [0, 0.05) is 19.2 Å². The standard InChI is InChI=1S/C23H25NO5/c1-4-29-17-10-7-9-16(14-17)21(25)19-20(18-11-6-5-8-15(18)2)24(12-13-28-3)23(27)22(19)26/h5-11,14,20,25H,4,12-13H2,1-3H3/b21-19+. The first kappa shape index (κ1) is 20.6. The summed E-state index contributed by atoms with van der Waals surface area (Å²) in [5, 5.41) is 11.1. The van der Waals surface area contributed by atoms with Crippen LogP contribution in [0.5, 0.6) is 5.75 Å². The Kier molecular flexibility index (Phi) is 6.34. The summed E-state index contributed by atoms with van der Waals surface area (Å²) < 4.78 is 10.6. The van der Waals surface area contributed by atoms with Gasteiger partial charge in [-0.15, -0.1) is 0 Å². The average molecular weight is 395 g/mol. The maximum Gasteiger partial charge on any atom is 0.295 e. The van der Waals surface area contributed by atoms with Gasteiger partial charge in [-0.1, -0.05) is 36.4 Å². The van der Waals surface area contributed by atoms with Crippen LogP contribution in [-0.4, -0.2) is 48.6 Å². The fourth-order valence-corrected chi connectivity index (χ4v) is 3.57. The Morgan fingerprint density at radius 2 is 1.90 bits per heavy atom. The number of ether oxygens (including phenoxy) is 2. The Morgan fingerprint density at radius 1 is 1.14 bits per heavy atom. The van der Waals surface area contributed by atoms with E-state index in [-0.39, 0.29) is 24.5 Å². The molecule has 1 N–H and O–H groups in total. The number of aliphatic hydroxyl groups excluding tert-OH is 1. The van der Waals surface area contributed by atoms with E-state index in [4.69, 9.17) is 9.47 Å². The largest absolute Gasteiger partial charge is 0.507 e. The third-order valence-corrected chi connectivity index (χ3v) is 4.98. The molecule has 1 aliphatic rings. The molecular formula is C23H25NO5. The van der Waals surface area contributed by atoms with E-state index in [1.54, 1.807) is 31.4 Å². The van der Waals surface area contributed by atoms with E-state index >= 15 is 0 Å². The smallest absolute Gasteiger partial charge is 0.295 e. The number of nitrogens with zero attached hydrogens (tertiary/aromatic N) is 1. The number of aliphatic hydroxyl groups is 1. The van der Waals surface area contributed by atoms with Crippen LogP contribution in [0.15, 0.2) is 54.1 Å². The van der Waals surface area contributed by atoms with Gasteiger partial charge in [0.05, 0.1) is 24.8 Å². The van der Waals surface area contributed by atoms with Crippen molar-refractivity contribution in [1.29, 1.82) is 0 Å². The van der Waals surface area contributed by atoms with Crippen LogP contribution in [0, 0.1) is 6.92 Å². The fourth-order valence-electron chi connectivity index (χ4n) is 3.57.